The highest BCUT2D eigenvalue weighted by molar-refractivity contribution is 7.11. The number of urea groups is 1. The van der Waals surface area contributed by atoms with Crippen LogP contribution in [0.2, 0.25) is 0 Å². The molecule has 19 heavy (non-hydrogen) atoms. The van der Waals surface area contributed by atoms with E-state index in [1.165, 1.54) is 4.88 Å². The van der Waals surface area contributed by atoms with Gasteiger partial charge in [-0.2, -0.15) is 0 Å². The van der Waals surface area contributed by atoms with Gasteiger partial charge in [-0.15, -0.1) is 11.3 Å². The van der Waals surface area contributed by atoms with Crippen molar-refractivity contribution in [1.29, 1.82) is 0 Å². The summed E-state index contributed by atoms with van der Waals surface area (Å²) in [7, 11) is 1.75. The molecule has 2 heterocycles. The van der Waals surface area contributed by atoms with Crippen LogP contribution < -0.4 is 5.48 Å². The maximum absolute atomic E-state index is 11.8. The molecule has 0 aliphatic carbocycles. The van der Waals surface area contributed by atoms with Gasteiger partial charge in [-0.1, -0.05) is 0 Å². The van der Waals surface area contributed by atoms with E-state index in [2.05, 4.69) is 18.5 Å². The van der Waals surface area contributed by atoms with Gasteiger partial charge >= 0.3 is 6.03 Å². The summed E-state index contributed by atoms with van der Waals surface area (Å²) in [5.41, 5.74) is 2.45. The molecule has 6 heteroatoms. The Morgan fingerprint density at radius 3 is 3.05 bits per heavy atom. The Labute approximate surface area is 117 Å². The second-order valence-electron chi connectivity index (χ2n) is 4.69. The summed E-state index contributed by atoms with van der Waals surface area (Å²) in [5.74, 6) is 0. The molecule has 0 spiro atoms. The van der Waals surface area contributed by atoms with Gasteiger partial charge in [0.25, 0.3) is 0 Å². The highest BCUT2D eigenvalue weighted by Crippen LogP contribution is 2.17. The zero-order chi connectivity index (χ0) is 13.7. The first-order valence-electron chi connectivity index (χ1n) is 6.49. The number of thiophene rings is 1. The van der Waals surface area contributed by atoms with Gasteiger partial charge in [0.15, 0.2) is 6.29 Å². The number of nitrogens with one attached hydrogen (secondary N) is 1. The number of carbonyl (C=O) groups is 1. The largest absolute Gasteiger partial charge is 0.350 e. The molecule has 0 bridgehead atoms. The topological polar surface area (TPSA) is 50.8 Å². The number of hydroxylamine groups is 1. The summed E-state index contributed by atoms with van der Waals surface area (Å²) in [6.07, 6.45) is 2.65. The Bertz CT molecular complexity index is 416. The Hall–Kier alpha value is -1.11. The van der Waals surface area contributed by atoms with Crippen LogP contribution in [0.5, 0.6) is 0 Å². The van der Waals surface area contributed by atoms with Gasteiger partial charge in [0.1, 0.15) is 0 Å². The molecule has 1 saturated heterocycles. The summed E-state index contributed by atoms with van der Waals surface area (Å²) >= 11 is 1.69. The highest BCUT2D eigenvalue weighted by Gasteiger charge is 2.17. The zero-order valence-electron chi connectivity index (χ0n) is 11.3. The van der Waals surface area contributed by atoms with Gasteiger partial charge in [0.2, 0.25) is 0 Å². The second kappa shape index (κ2) is 6.88. The van der Waals surface area contributed by atoms with E-state index in [-0.39, 0.29) is 12.3 Å². The predicted molar refractivity (Wildman–Crippen MR) is 73.7 cm³/mol. The molecule has 0 unspecified atom stereocenters. The molecule has 5 nitrogen and oxygen atoms in total. The molecular weight excluding hydrogens is 264 g/mol. The second-order valence-corrected chi connectivity index (χ2v) is 6.06. The minimum Gasteiger partial charge on any atom is -0.350 e. The normalized spacial score (nSPS) is 19.2. The number of carbonyl (C=O) groups excluding carboxylic acids is 1. The SMILES string of the molecule is Cc1ccc(CN(C)C(=O)NO[C@@H]2CCCCO2)s1. The zero-order valence-corrected chi connectivity index (χ0v) is 12.2. The van der Waals surface area contributed by atoms with Gasteiger partial charge in [-0.05, 0) is 31.9 Å². The van der Waals surface area contributed by atoms with Crippen LogP contribution in [0, 0.1) is 6.92 Å². The molecular formula is C13H20N2O3S. The van der Waals surface area contributed by atoms with Crippen molar-refractivity contribution >= 4 is 17.4 Å². The molecule has 0 aromatic carbocycles. The van der Waals surface area contributed by atoms with Crippen LogP contribution in [0.25, 0.3) is 0 Å². The van der Waals surface area contributed by atoms with Crippen molar-refractivity contribution in [3.05, 3.63) is 21.9 Å². The van der Waals surface area contributed by atoms with Gasteiger partial charge in [-0.3, -0.25) is 0 Å². The van der Waals surface area contributed by atoms with E-state index in [1.54, 1.807) is 23.3 Å². The van der Waals surface area contributed by atoms with Crippen molar-refractivity contribution in [3.8, 4) is 0 Å². The summed E-state index contributed by atoms with van der Waals surface area (Å²) in [5, 5.41) is 0. The highest BCUT2D eigenvalue weighted by atomic mass is 32.1. The van der Waals surface area contributed by atoms with E-state index in [9.17, 15) is 4.79 Å². The van der Waals surface area contributed by atoms with Crippen molar-refractivity contribution in [2.45, 2.75) is 39.0 Å². The molecule has 1 aliphatic heterocycles. The minimum atomic E-state index is -0.310. The maximum Gasteiger partial charge on any atom is 0.341 e. The number of hydrogen-bond acceptors (Lipinski definition) is 4. The number of rotatable bonds is 4. The maximum atomic E-state index is 11.8. The first-order chi connectivity index (χ1) is 9.15. The number of ether oxygens (including phenoxy) is 1. The van der Waals surface area contributed by atoms with E-state index >= 15 is 0 Å². The van der Waals surface area contributed by atoms with Crippen LogP contribution in [0.15, 0.2) is 12.1 Å². The van der Waals surface area contributed by atoms with Crippen molar-refractivity contribution in [3.63, 3.8) is 0 Å². The predicted octanol–water partition coefficient (Wildman–Crippen LogP) is 2.66. The number of amides is 2. The van der Waals surface area contributed by atoms with E-state index in [0.717, 1.165) is 24.1 Å². The number of nitrogens with zero attached hydrogens (tertiary/aromatic N) is 1. The van der Waals surface area contributed by atoms with Gasteiger partial charge in [0, 0.05) is 29.8 Å². The quantitative estimate of drug-likeness (QED) is 0.865. The smallest absolute Gasteiger partial charge is 0.341 e. The van der Waals surface area contributed by atoms with Gasteiger partial charge in [-0.25, -0.2) is 15.1 Å². The van der Waals surface area contributed by atoms with Crippen LogP contribution in [-0.4, -0.2) is 30.9 Å². The Kier molecular flexibility index (Phi) is 5.18. The lowest BCUT2D eigenvalue weighted by atomic mass is 10.2. The van der Waals surface area contributed by atoms with Gasteiger partial charge < -0.3 is 9.64 Å². The summed E-state index contributed by atoms with van der Waals surface area (Å²) in [6.45, 7) is 3.34. The minimum absolute atomic E-state index is 0.250. The Morgan fingerprint density at radius 2 is 2.42 bits per heavy atom. The molecule has 0 saturated carbocycles. The number of aryl methyl sites for hydroxylation is 1. The standard InChI is InChI=1S/C13H20N2O3S/c1-10-6-7-11(19-10)9-15(2)13(16)14-18-12-5-3-4-8-17-12/h6-7,12H,3-5,8-9H2,1-2H3,(H,14,16)/t12-/m1/s1. The Morgan fingerprint density at radius 1 is 1.58 bits per heavy atom. The first kappa shape index (κ1) is 14.3. The summed E-state index contributed by atoms with van der Waals surface area (Å²) in [4.78, 5) is 21.1. The lowest BCUT2D eigenvalue weighted by molar-refractivity contribution is -0.187. The third kappa shape index (κ3) is 4.49. The molecule has 0 radical (unpaired) electrons. The number of hydrogen-bond donors (Lipinski definition) is 1. The van der Waals surface area contributed by atoms with Crippen molar-refractivity contribution in [2.75, 3.05) is 13.7 Å². The third-order valence-electron chi connectivity index (χ3n) is 2.95. The van der Waals surface area contributed by atoms with Crippen LogP contribution in [0.4, 0.5) is 4.79 Å². The first-order valence-corrected chi connectivity index (χ1v) is 7.30. The average molecular weight is 284 g/mol. The summed E-state index contributed by atoms with van der Waals surface area (Å²) in [6, 6.07) is 3.84. The van der Waals surface area contributed by atoms with Crippen LogP contribution in [0.1, 0.15) is 29.0 Å². The van der Waals surface area contributed by atoms with Crippen molar-refractivity contribution in [1.82, 2.24) is 10.4 Å². The summed E-state index contributed by atoms with van der Waals surface area (Å²) < 4.78 is 5.38. The van der Waals surface area contributed by atoms with Crippen molar-refractivity contribution in [2.24, 2.45) is 0 Å². The molecule has 1 aromatic heterocycles. The van der Waals surface area contributed by atoms with Crippen molar-refractivity contribution < 1.29 is 14.4 Å². The molecule has 1 atom stereocenters. The lowest BCUT2D eigenvalue weighted by Crippen LogP contribution is -2.40. The molecule has 2 rings (SSSR count). The van der Waals surface area contributed by atoms with Crippen LogP contribution >= 0.6 is 11.3 Å². The van der Waals surface area contributed by atoms with E-state index in [0.29, 0.717) is 13.2 Å². The molecule has 1 fully saturated rings. The fourth-order valence-corrected chi connectivity index (χ4v) is 2.82. The molecule has 1 aromatic rings. The van der Waals surface area contributed by atoms with Crippen LogP contribution in [-0.2, 0) is 16.1 Å². The fourth-order valence-electron chi connectivity index (χ4n) is 1.87. The molecule has 1 N–H and O–H groups in total. The van der Waals surface area contributed by atoms with Crippen LogP contribution in [0.3, 0.4) is 0 Å². The lowest BCUT2D eigenvalue weighted by Gasteiger charge is -2.24. The van der Waals surface area contributed by atoms with E-state index in [4.69, 9.17) is 9.57 Å². The monoisotopic (exact) mass is 284 g/mol. The Balaban J connectivity index is 1.72. The molecule has 1 aliphatic rings. The van der Waals surface area contributed by atoms with Gasteiger partial charge in [0.05, 0.1) is 6.54 Å². The molecule has 106 valence electrons. The third-order valence-corrected chi connectivity index (χ3v) is 3.94. The average Bonchev–Trinajstić information content (AvgIpc) is 2.82. The fraction of sp³-hybridized carbons (Fsp3) is 0.615. The molecule has 2 amide bonds. The van der Waals surface area contributed by atoms with E-state index < -0.39 is 0 Å². The van der Waals surface area contributed by atoms with E-state index in [1.807, 2.05) is 6.07 Å².